The molecule has 30 heavy (non-hydrogen) atoms. The van der Waals surface area contributed by atoms with E-state index in [4.69, 9.17) is 4.42 Å². The summed E-state index contributed by atoms with van der Waals surface area (Å²) in [6, 6.07) is 16.4. The van der Waals surface area contributed by atoms with E-state index in [1.54, 1.807) is 18.3 Å². The summed E-state index contributed by atoms with van der Waals surface area (Å²) < 4.78 is 7.08. The van der Waals surface area contributed by atoms with E-state index in [9.17, 15) is 9.59 Å². The van der Waals surface area contributed by atoms with Crippen LogP contribution in [0.25, 0.3) is 10.9 Å². The van der Waals surface area contributed by atoms with E-state index in [0.29, 0.717) is 30.9 Å². The Morgan fingerprint density at radius 3 is 2.70 bits per heavy atom. The molecule has 2 N–H and O–H groups in total. The first kappa shape index (κ1) is 19.4. The highest BCUT2D eigenvalue weighted by molar-refractivity contribution is 6.04. The first-order chi connectivity index (χ1) is 14.7. The molecule has 0 bridgehead atoms. The number of nitrogens with one attached hydrogen (secondary N) is 2. The molecule has 0 spiro atoms. The Kier molecular flexibility index (Phi) is 5.61. The number of benzene rings is 1. The van der Waals surface area contributed by atoms with E-state index in [2.05, 4.69) is 15.6 Å². The van der Waals surface area contributed by atoms with Gasteiger partial charge in [-0.2, -0.15) is 0 Å². The van der Waals surface area contributed by atoms with Gasteiger partial charge in [-0.15, -0.1) is 0 Å². The van der Waals surface area contributed by atoms with Crippen LogP contribution < -0.4 is 10.6 Å². The van der Waals surface area contributed by atoms with Crippen LogP contribution in [0.4, 0.5) is 5.69 Å². The smallest absolute Gasteiger partial charge is 0.291 e. The number of carbonyl (C=O) groups excluding carboxylic acids is 2. The van der Waals surface area contributed by atoms with Gasteiger partial charge in [-0.05, 0) is 55.5 Å². The quantitative estimate of drug-likeness (QED) is 0.491. The summed E-state index contributed by atoms with van der Waals surface area (Å²) in [5.74, 6) is -0.207. The van der Waals surface area contributed by atoms with E-state index >= 15 is 0 Å². The molecule has 0 aliphatic heterocycles. The summed E-state index contributed by atoms with van der Waals surface area (Å²) in [5, 5.41) is 6.66. The highest BCUT2D eigenvalue weighted by Gasteiger charge is 2.16. The molecule has 7 heteroatoms. The number of hydrogen-bond donors (Lipinski definition) is 2. The maximum absolute atomic E-state index is 12.8. The number of rotatable bonds is 7. The second-order valence-corrected chi connectivity index (χ2v) is 6.81. The van der Waals surface area contributed by atoms with Crippen LogP contribution in [-0.2, 0) is 13.0 Å². The zero-order valence-electron chi connectivity index (χ0n) is 16.6. The molecule has 152 valence electrons. The molecule has 4 aromatic rings. The van der Waals surface area contributed by atoms with Crippen molar-refractivity contribution in [2.75, 3.05) is 11.9 Å². The molecule has 0 radical (unpaired) electrons. The minimum atomic E-state index is -0.318. The molecule has 0 aliphatic carbocycles. The van der Waals surface area contributed by atoms with E-state index < -0.39 is 0 Å². The lowest BCUT2D eigenvalue weighted by molar-refractivity contribution is 0.0944. The fraction of sp³-hybridized carbons (Fsp3) is 0.174. The summed E-state index contributed by atoms with van der Waals surface area (Å²) in [4.78, 5) is 29.2. The van der Waals surface area contributed by atoms with Crippen LogP contribution in [0, 0.1) is 0 Å². The van der Waals surface area contributed by atoms with Gasteiger partial charge in [0.2, 0.25) is 0 Å². The number of fused-ring (bicyclic) bond motifs is 1. The monoisotopic (exact) mass is 402 g/mol. The average molecular weight is 402 g/mol. The Balaban J connectivity index is 1.50. The predicted molar refractivity (Wildman–Crippen MR) is 115 cm³/mol. The van der Waals surface area contributed by atoms with Gasteiger partial charge in [0.25, 0.3) is 11.8 Å². The maximum atomic E-state index is 12.8. The van der Waals surface area contributed by atoms with Crippen LogP contribution in [0.3, 0.4) is 0 Å². The molecule has 0 unspecified atom stereocenters. The molecule has 0 fully saturated rings. The van der Waals surface area contributed by atoms with Crippen molar-refractivity contribution in [2.45, 2.75) is 19.9 Å². The first-order valence-corrected chi connectivity index (χ1v) is 9.82. The Morgan fingerprint density at radius 1 is 1.07 bits per heavy atom. The van der Waals surface area contributed by atoms with Gasteiger partial charge in [0, 0.05) is 48.0 Å². The molecular formula is C23H22N4O3. The fourth-order valence-corrected chi connectivity index (χ4v) is 3.42. The molecular weight excluding hydrogens is 380 g/mol. The molecule has 0 saturated carbocycles. The van der Waals surface area contributed by atoms with Crippen molar-refractivity contribution in [1.29, 1.82) is 0 Å². The van der Waals surface area contributed by atoms with Gasteiger partial charge < -0.3 is 19.6 Å². The predicted octanol–water partition coefficient (Wildman–Crippen LogP) is 3.87. The molecule has 0 saturated heterocycles. The van der Waals surface area contributed by atoms with Crippen LogP contribution in [0.5, 0.6) is 0 Å². The Hall–Kier alpha value is -3.87. The molecule has 4 rings (SSSR count). The van der Waals surface area contributed by atoms with Gasteiger partial charge in [0.1, 0.15) is 5.69 Å². The molecule has 3 aromatic heterocycles. The number of pyridine rings is 1. The molecule has 3 heterocycles. The van der Waals surface area contributed by atoms with E-state index in [0.717, 1.165) is 16.6 Å². The summed E-state index contributed by atoms with van der Waals surface area (Å²) in [5.41, 5.74) is 3.09. The minimum absolute atomic E-state index is 0.134. The molecule has 0 aliphatic rings. The molecule has 1 aromatic carbocycles. The zero-order valence-corrected chi connectivity index (χ0v) is 16.6. The van der Waals surface area contributed by atoms with Gasteiger partial charge in [0.05, 0.1) is 6.26 Å². The number of aryl methyl sites for hydroxylation is 1. The highest BCUT2D eigenvalue weighted by atomic mass is 16.3. The second-order valence-electron chi connectivity index (χ2n) is 6.81. The molecule has 0 atom stereocenters. The topological polar surface area (TPSA) is 89.2 Å². The third-order valence-corrected chi connectivity index (χ3v) is 4.85. The van der Waals surface area contributed by atoms with Crippen molar-refractivity contribution in [2.24, 2.45) is 0 Å². The lowest BCUT2D eigenvalue weighted by Crippen LogP contribution is -2.27. The third-order valence-electron chi connectivity index (χ3n) is 4.85. The van der Waals surface area contributed by atoms with Crippen molar-refractivity contribution in [1.82, 2.24) is 14.9 Å². The summed E-state index contributed by atoms with van der Waals surface area (Å²) in [6.45, 7) is 3.16. The van der Waals surface area contributed by atoms with Crippen molar-refractivity contribution < 1.29 is 14.0 Å². The van der Waals surface area contributed by atoms with Gasteiger partial charge in [-0.3, -0.25) is 14.6 Å². The van der Waals surface area contributed by atoms with Gasteiger partial charge in [0.15, 0.2) is 5.76 Å². The van der Waals surface area contributed by atoms with Gasteiger partial charge in [-0.1, -0.05) is 6.07 Å². The number of furan rings is 1. The maximum Gasteiger partial charge on any atom is 0.291 e. The van der Waals surface area contributed by atoms with Crippen LogP contribution in [-0.4, -0.2) is 27.9 Å². The number of amides is 2. The number of carbonyl (C=O) groups is 2. The van der Waals surface area contributed by atoms with Gasteiger partial charge in [-0.25, -0.2) is 0 Å². The summed E-state index contributed by atoms with van der Waals surface area (Å²) in [6.07, 6.45) is 3.87. The van der Waals surface area contributed by atoms with Crippen molar-refractivity contribution >= 4 is 28.4 Å². The average Bonchev–Trinajstić information content (AvgIpc) is 3.42. The first-order valence-electron chi connectivity index (χ1n) is 9.82. The van der Waals surface area contributed by atoms with E-state index in [1.165, 1.54) is 6.26 Å². The zero-order chi connectivity index (χ0) is 20.9. The largest absolute Gasteiger partial charge is 0.459 e. The third kappa shape index (κ3) is 4.10. The van der Waals surface area contributed by atoms with Crippen LogP contribution in [0.15, 0.2) is 71.5 Å². The normalized spacial score (nSPS) is 10.8. The Bertz CT molecular complexity index is 1160. The Morgan fingerprint density at radius 2 is 1.97 bits per heavy atom. The van der Waals surface area contributed by atoms with Crippen LogP contribution >= 0.6 is 0 Å². The van der Waals surface area contributed by atoms with Crippen molar-refractivity contribution in [3.8, 4) is 0 Å². The lowest BCUT2D eigenvalue weighted by atomic mass is 10.2. The van der Waals surface area contributed by atoms with E-state index in [-0.39, 0.29) is 17.6 Å². The summed E-state index contributed by atoms with van der Waals surface area (Å²) >= 11 is 0. The Labute approximate surface area is 173 Å². The van der Waals surface area contributed by atoms with Crippen molar-refractivity contribution in [3.05, 3.63) is 84.2 Å². The second kappa shape index (κ2) is 8.65. The lowest BCUT2D eigenvalue weighted by Gasteiger charge is -2.09. The number of anilines is 1. The SMILES string of the molecule is CCn1c(C(=O)NCCc2ccccn2)cc2cc(NC(=O)c3ccco3)ccc21. The fourth-order valence-electron chi connectivity index (χ4n) is 3.42. The number of hydrogen-bond acceptors (Lipinski definition) is 4. The standard InChI is InChI=1S/C23H22N4O3/c1-2-27-19-9-8-18(26-23(29)21-7-5-13-30-21)14-16(19)15-20(27)22(28)25-12-10-17-6-3-4-11-24-17/h3-9,11,13-15H,2,10,12H2,1H3,(H,25,28)(H,26,29). The van der Waals surface area contributed by atoms with Gasteiger partial charge >= 0.3 is 0 Å². The van der Waals surface area contributed by atoms with Crippen LogP contribution in [0.2, 0.25) is 0 Å². The van der Waals surface area contributed by atoms with E-state index in [1.807, 2.05) is 54.0 Å². The highest BCUT2D eigenvalue weighted by Crippen LogP contribution is 2.24. The summed E-state index contributed by atoms with van der Waals surface area (Å²) in [7, 11) is 0. The molecule has 2 amide bonds. The minimum Gasteiger partial charge on any atom is -0.459 e. The number of aromatic nitrogens is 2. The molecule has 7 nitrogen and oxygen atoms in total. The van der Waals surface area contributed by atoms with Crippen molar-refractivity contribution in [3.63, 3.8) is 0 Å². The number of nitrogens with zero attached hydrogens (tertiary/aromatic N) is 2. The van der Waals surface area contributed by atoms with Crippen LogP contribution in [0.1, 0.15) is 33.7 Å².